The van der Waals surface area contributed by atoms with E-state index in [2.05, 4.69) is 9.97 Å². The molecule has 1 heterocycles. The number of nitrogens with zero attached hydrogens (tertiary/aromatic N) is 2. The summed E-state index contributed by atoms with van der Waals surface area (Å²) in [4.78, 5) is 19.5. The van der Waals surface area contributed by atoms with Crippen molar-refractivity contribution < 1.29 is 14.3 Å². The monoisotopic (exact) mass is 271 g/mol. The summed E-state index contributed by atoms with van der Waals surface area (Å²) in [6.07, 6.45) is 0. The first-order chi connectivity index (χ1) is 8.65. The van der Waals surface area contributed by atoms with E-state index in [4.69, 9.17) is 15.2 Å². The number of hydrogen-bond acceptors (Lipinski definition) is 7. The number of carbonyl (C=O) groups excluding carboxylic acids is 1. The van der Waals surface area contributed by atoms with Crippen molar-refractivity contribution in [3.63, 3.8) is 0 Å². The van der Waals surface area contributed by atoms with Gasteiger partial charge < -0.3 is 15.2 Å². The molecule has 0 atom stereocenters. The van der Waals surface area contributed by atoms with E-state index in [9.17, 15) is 4.79 Å². The van der Waals surface area contributed by atoms with Gasteiger partial charge in [0, 0.05) is 12.7 Å². The number of carbonyl (C=O) groups is 1. The second-order valence-corrected chi connectivity index (χ2v) is 4.27. The smallest absolute Gasteiger partial charge is 0.316 e. The molecule has 0 amide bonds. The van der Waals surface area contributed by atoms with Gasteiger partial charge in [-0.15, -0.1) is 0 Å². The molecule has 0 aliphatic carbocycles. The molecule has 18 heavy (non-hydrogen) atoms. The summed E-state index contributed by atoms with van der Waals surface area (Å²) in [6, 6.07) is 1.62. The van der Waals surface area contributed by atoms with Crippen LogP contribution in [0, 0.1) is 0 Å². The van der Waals surface area contributed by atoms with Gasteiger partial charge in [-0.25, -0.2) is 9.97 Å². The number of aromatic nitrogens is 2. The van der Waals surface area contributed by atoms with Crippen LogP contribution in [0.3, 0.4) is 0 Å². The minimum atomic E-state index is -0.272. The van der Waals surface area contributed by atoms with E-state index in [1.165, 1.54) is 11.8 Å². The summed E-state index contributed by atoms with van der Waals surface area (Å²) in [7, 11) is 0. The molecule has 0 bridgehead atoms. The van der Waals surface area contributed by atoms with E-state index in [1.807, 2.05) is 6.92 Å². The lowest BCUT2D eigenvalue weighted by Gasteiger charge is -2.05. The van der Waals surface area contributed by atoms with Crippen LogP contribution >= 0.6 is 11.8 Å². The maximum Gasteiger partial charge on any atom is 0.316 e. The third kappa shape index (κ3) is 5.33. The van der Waals surface area contributed by atoms with Crippen molar-refractivity contribution in [2.75, 3.05) is 24.7 Å². The van der Waals surface area contributed by atoms with E-state index < -0.39 is 0 Å². The van der Waals surface area contributed by atoms with Gasteiger partial charge in [0.2, 0.25) is 0 Å². The van der Waals surface area contributed by atoms with Gasteiger partial charge in [-0.1, -0.05) is 11.8 Å². The highest BCUT2D eigenvalue weighted by molar-refractivity contribution is 7.99. The Morgan fingerprint density at radius 2 is 2.17 bits per heavy atom. The molecular formula is C11H17N3O3S. The average Bonchev–Trinajstić information content (AvgIpc) is 2.34. The Bertz CT molecular complexity index is 401. The number of esters is 1. The lowest BCUT2D eigenvalue weighted by Crippen LogP contribution is -2.08. The molecule has 100 valence electrons. The Morgan fingerprint density at radius 3 is 2.83 bits per heavy atom. The van der Waals surface area contributed by atoms with Crippen LogP contribution in [0.2, 0.25) is 0 Å². The van der Waals surface area contributed by atoms with E-state index in [1.54, 1.807) is 13.0 Å². The van der Waals surface area contributed by atoms with Crippen molar-refractivity contribution in [2.24, 2.45) is 0 Å². The van der Waals surface area contributed by atoms with Crippen molar-refractivity contribution in [3.8, 4) is 0 Å². The predicted octanol–water partition coefficient (Wildman–Crippen LogP) is 1.25. The molecule has 0 spiro atoms. The summed E-state index contributed by atoms with van der Waals surface area (Å²) in [5, 5.41) is 0.644. The first kappa shape index (κ1) is 14.7. The Morgan fingerprint density at radius 1 is 1.39 bits per heavy atom. The van der Waals surface area contributed by atoms with Crippen LogP contribution in [0.4, 0.5) is 5.82 Å². The molecule has 0 fully saturated rings. The van der Waals surface area contributed by atoms with Crippen LogP contribution in [0.25, 0.3) is 0 Å². The Labute approximate surface area is 110 Å². The lowest BCUT2D eigenvalue weighted by atomic mass is 10.5. The van der Waals surface area contributed by atoms with Crippen molar-refractivity contribution in [3.05, 3.63) is 11.9 Å². The Kier molecular flexibility index (Phi) is 6.45. The SMILES string of the molecule is CCOCc1nc(N)cc(SCC(=O)OCC)n1. The zero-order valence-electron chi connectivity index (χ0n) is 10.5. The van der Waals surface area contributed by atoms with Gasteiger partial charge in [-0.05, 0) is 13.8 Å². The average molecular weight is 271 g/mol. The number of rotatable bonds is 7. The molecule has 0 aliphatic rings. The minimum Gasteiger partial charge on any atom is -0.465 e. The molecule has 2 N–H and O–H groups in total. The highest BCUT2D eigenvalue weighted by Crippen LogP contribution is 2.17. The molecule has 0 aliphatic heterocycles. The number of anilines is 1. The van der Waals surface area contributed by atoms with Crippen LogP contribution in [-0.4, -0.2) is 34.9 Å². The van der Waals surface area contributed by atoms with Gasteiger partial charge in [-0.2, -0.15) is 0 Å². The van der Waals surface area contributed by atoms with Crippen molar-refractivity contribution in [1.82, 2.24) is 9.97 Å². The van der Waals surface area contributed by atoms with Gasteiger partial charge in [0.1, 0.15) is 17.5 Å². The maximum atomic E-state index is 11.2. The van der Waals surface area contributed by atoms with Gasteiger partial charge >= 0.3 is 5.97 Å². The maximum absolute atomic E-state index is 11.2. The lowest BCUT2D eigenvalue weighted by molar-refractivity contribution is -0.139. The third-order valence-electron chi connectivity index (χ3n) is 1.85. The fourth-order valence-corrected chi connectivity index (χ4v) is 1.88. The Balaban J connectivity index is 2.59. The zero-order valence-corrected chi connectivity index (χ0v) is 11.3. The molecule has 0 saturated carbocycles. The summed E-state index contributed by atoms with van der Waals surface area (Å²) in [5.41, 5.74) is 5.66. The standard InChI is InChI=1S/C11H17N3O3S/c1-3-16-6-9-13-8(12)5-10(14-9)18-7-11(15)17-4-2/h5H,3-4,6-7H2,1-2H3,(H2,12,13,14). The third-order valence-corrected chi connectivity index (χ3v) is 2.73. The van der Waals surface area contributed by atoms with Gasteiger partial charge in [0.25, 0.3) is 0 Å². The molecule has 0 radical (unpaired) electrons. The predicted molar refractivity (Wildman–Crippen MR) is 69.1 cm³/mol. The fraction of sp³-hybridized carbons (Fsp3) is 0.545. The van der Waals surface area contributed by atoms with Gasteiger partial charge in [-0.3, -0.25) is 4.79 Å². The minimum absolute atomic E-state index is 0.207. The fourth-order valence-electron chi connectivity index (χ4n) is 1.16. The molecule has 7 heteroatoms. The van der Waals surface area contributed by atoms with E-state index in [0.29, 0.717) is 36.5 Å². The van der Waals surface area contributed by atoms with E-state index in [-0.39, 0.29) is 11.7 Å². The zero-order chi connectivity index (χ0) is 13.4. The van der Waals surface area contributed by atoms with Crippen LogP contribution in [0.5, 0.6) is 0 Å². The van der Waals surface area contributed by atoms with E-state index in [0.717, 1.165) is 0 Å². The molecule has 0 saturated heterocycles. The van der Waals surface area contributed by atoms with Crippen LogP contribution < -0.4 is 5.73 Å². The highest BCUT2D eigenvalue weighted by Gasteiger charge is 2.07. The quantitative estimate of drug-likeness (QED) is 0.453. The summed E-state index contributed by atoms with van der Waals surface area (Å²) >= 11 is 1.27. The molecule has 6 nitrogen and oxygen atoms in total. The normalized spacial score (nSPS) is 10.3. The topological polar surface area (TPSA) is 87.3 Å². The van der Waals surface area contributed by atoms with Gasteiger partial charge in [0.15, 0.2) is 5.82 Å². The summed E-state index contributed by atoms with van der Waals surface area (Å²) in [6.45, 7) is 4.94. The number of nitrogen functional groups attached to an aromatic ring is 1. The number of nitrogens with two attached hydrogens (primary N) is 1. The molecule has 1 aromatic heterocycles. The summed E-state index contributed by atoms with van der Waals surface area (Å²) < 4.78 is 10.0. The second-order valence-electron chi connectivity index (χ2n) is 3.28. The Hall–Kier alpha value is -1.34. The van der Waals surface area contributed by atoms with Crippen molar-refractivity contribution in [1.29, 1.82) is 0 Å². The number of ether oxygens (including phenoxy) is 2. The first-order valence-electron chi connectivity index (χ1n) is 5.65. The number of thioether (sulfide) groups is 1. The van der Waals surface area contributed by atoms with Crippen LogP contribution in [0.1, 0.15) is 19.7 Å². The van der Waals surface area contributed by atoms with Crippen LogP contribution in [-0.2, 0) is 20.9 Å². The van der Waals surface area contributed by atoms with Gasteiger partial charge in [0.05, 0.1) is 12.4 Å². The van der Waals surface area contributed by atoms with E-state index >= 15 is 0 Å². The molecule has 0 aromatic carbocycles. The highest BCUT2D eigenvalue weighted by atomic mass is 32.2. The molecule has 1 rings (SSSR count). The largest absolute Gasteiger partial charge is 0.465 e. The molecular weight excluding hydrogens is 254 g/mol. The molecule has 0 unspecified atom stereocenters. The molecule has 1 aromatic rings. The summed E-state index contributed by atoms with van der Waals surface area (Å²) in [5.74, 6) is 0.818. The number of hydrogen-bond donors (Lipinski definition) is 1. The van der Waals surface area contributed by atoms with Crippen molar-refractivity contribution >= 4 is 23.5 Å². The first-order valence-corrected chi connectivity index (χ1v) is 6.63. The second kappa shape index (κ2) is 7.88. The van der Waals surface area contributed by atoms with Crippen molar-refractivity contribution in [2.45, 2.75) is 25.5 Å². The van der Waals surface area contributed by atoms with Crippen LogP contribution in [0.15, 0.2) is 11.1 Å².